The van der Waals surface area contributed by atoms with Gasteiger partial charge in [0.15, 0.2) is 5.78 Å². The van der Waals surface area contributed by atoms with E-state index in [1.807, 2.05) is 4.90 Å². The molecule has 0 saturated carbocycles. The van der Waals surface area contributed by atoms with Crippen molar-refractivity contribution >= 4 is 11.5 Å². The second-order valence-electron chi connectivity index (χ2n) is 4.18. The summed E-state index contributed by atoms with van der Waals surface area (Å²) in [6.07, 6.45) is 0.409. The maximum absolute atomic E-state index is 13.9. The zero-order chi connectivity index (χ0) is 12.3. The lowest BCUT2D eigenvalue weighted by molar-refractivity contribution is 0.0987. The first-order chi connectivity index (χ1) is 8.22. The molecule has 0 aliphatic carbocycles. The highest BCUT2D eigenvalue weighted by Crippen LogP contribution is 2.21. The number of carbonyl (C=O) groups excluding carboxylic acids is 1. The molecule has 3 nitrogen and oxygen atoms in total. The largest absolute Gasteiger partial charge is 0.367 e. The van der Waals surface area contributed by atoms with Crippen LogP contribution in [0.3, 0.4) is 0 Å². The Labute approximate surface area is 101 Å². The molecule has 1 fully saturated rings. The van der Waals surface area contributed by atoms with Gasteiger partial charge in [-0.25, -0.2) is 4.39 Å². The van der Waals surface area contributed by atoms with Gasteiger partial charge < -0.3 is 10.2 Å². The van der Waals surface area contributed by atoms with E-state index in [0.717, 1.165) is 26.2 Å². The van der Waals surface area contributed by atoms with E-state index < -0.39 is 0 Å². The normalized spacial score (nSPS) is 16.0. The number of hydrogen-bond donors (Lipinski definition) is 1. The van der Waals surface area contributed by atoms with Crippen molar-refractivity contribution in [2.24, 2.45) is 0 Å². The van der Waals surface area contributed by atoms with Gasteiger partial charge in [-0.3, -0.25) is 4.79 Å². The molecule has 0 amide bonds. The number of hydrogen-bond acceptors (Lipinski definition) is 3. The molecular weight excluding hydrogens is 219 g/mol. The predicted octanol–water partition coefficient (Wildman–Crippen LogP) is 1.83. The molecule has 1 aliphatic rings. The maximum atomic E-state index is 13.9. The fraction of sp³-hybridized carbons (Fsp3) is 0.462. The minimum absolute atomic E-state index is 0.0178. The lowest BCUT2D eigenvalue weighted by Gasteiger charge is -2.29. The molecule has 1 aliphatic heterocycles. The van der Waals surface area contributed by atoms with Crippen molar-refractivity contribution in [1.82, 2.24) is 5.32 Å². The van der Waals surface area contributed by atoms with Gasteiger partial charge in [-0.05, 0) is 18.2 Å². The van der Waals surface area contributed by atoms with E-state index in [1.54, 1.807) is 19.1 Å². The third-order valence-electron chi connectivity index (χ3n) is 3.05. The molecule has 0 aromatic heterocycles. The molecule has 0 unspecified atom stereocenters. The van der Waals surface area contributed by atoms with Gasteiger partial charge in [-0.15, -0.1) is 0 Å². The Kier molecular flexibility index (Phi) is 3.74. The summed E-state index contributed by atoms with van der Waals surface area (Å²) in [7, 11) is 0. The van der Waals surface area contributed by atoms with Gasteiger partial charge in [-0.1, -0.05) is 6.92 Å². The van der Waals surface area contributed by atoms with Crippen LogP contribution in [0.25, 0.3) is 0 Å². The van der Waals surface area contributed by atoms with Gasteiger partial charge in [0.25, 0.3) is 0 Å². The van der Waals surface area contributed by atoms with Crippen LogP contribution in [0.1, 0.15) is 23.7 Å². The van der Waals surface area contributed by atoms with Crippen LogP contribution in [0.4, 0.5) is 10.1 Å². The van der Waals surface area contributed by atoms with Gasteiger partial charge in [0, 0.05) is 38.2 Å². The number of nitrogens with zero attached hydrogens (tertiary/aromatic N) is 1. The topological polar surface area (TPSA) is 32.3 Å². The highest BCUT2D eigenvalue weighted by atomic mass is 19.1. The van der Waals surface area contributed by atoms with Gasteiger partial charge in [-0.2, -0.15) is 0 Å². The molecule has 92 valence electrons. The molecule has 2 rings (SSSR count). The van der Waals surface area contributed by atoms with Gasteiger partial charge in [0.05, 0.1) is 5.69 Å². The Morgan fingerprint density at radius 2 is 2.12 bits per heavy atom. The molecule has 1 N–H and O–H groups in total. The summed E-state index contributed by atoms with van der Waals surface area (Å²) in [5.74, 6) is -0.318. The SMILES string of the molecule is CCC(=O)c1ccc(N2CCNCC2)c(F)c1. The van der Waals surface area contributed by atoms with Crippen LogP contribution in [-0.2, 0) is 0 Å². The van der Waals surface area contributed by atoms with Crippen molar-refractivity contribution in [2.45, 2.75) is 13.3 Å². The van der Waals surface area contributed by atoms with Crippen molar-refractivity contribution in [2.75, 3.05) is 31.1 Å². The highest BCUT2D eigenvalue weighted by molar-refractivity contribution is 5.96. The van der Waals surface area contributed by atoms with Crippen molar-refractivity contribution in [3.05, 3.63) is 29.6 Å². The molecule has 1 saturated heterocycles. The number of anilines is 1. The summed E-state index contributed by atoms with van der Waals surface area (Å²) >= 11 is 0. The number of Topliss-reactive ketones (excluding diaryl/α,β-unsaturated/α-hetero) is 1. The molecule has 0 spiro atoms. The van der Waals surface area contributed by atoms with E-state index in [1.165, 1.54) is 6.07 Å². The Morgan fingerprint density at radius 3 is 2.71 bits per heavy atom. The Hall–Kier alpha value is -1.42. The number of benzene rings is 1. The molecule has 4 heteroatoms. The molecule has 0 bridgehead atoms. The summed E-state index contributed by atoms with van der Waals surface area (Å²) in [5.41, 5.74) is 1.06. The average Bonchev–Trinajstić information content (AvgIpc) is 2.38. The minimum Gasteiger partial charge on any atom is -0.367 e. The number of piperazine rings is 1. The molecule has 17 heavy (non-hydrogen) atoms. The van der Waals surface area contributed by atoms with E-state index in [9.17, 15) is 9.18 Å². The summed E-state index contributed by atoms with van der Waals surface area (Å²) < 4.78 is 13.9. The van der Waals surface area contributed by atoms with Crippen LogP contribution in [0.15, 0.2) is 18.2 Å². The van der Waals surface area contributed by atoms with Crippen LogP contribution in [0.2, 0.25) is 0 Å². The van der Waals surface area contributed by atoms with Crippen LogP contribution in [0.5, 0.6) is 0 Å². The second-order valence-corrected chi connectivity index (χ2v) is 4.18. The van der Waals surface area contributed by atoms with E-state index in [-0.39, 0.29) is 11.6 Å². The summed E-state index contributed by atoms with van der Waals surface area (Å²) in [4.78, 5) is 13.5. The van der Waals surface area contributed by atoms with E-state index >= 15 is 0 Å². The Bertz CT molecular complexity index is 414. The number of halogens is 1. The smallest absolute Gasteiger partial charge is 0.162 e. The van der Waals surface area contributed by atoms with Crippen LogP contribution >= 0.6 is 0 Å². The van der Waals surface area contributed by atoms with Gasteiger partial charge >= 0.3 is 0 Å². The molecule has 0 atom stereocenters. The number of rotatable bonds is 3. The standard InChI is InChI=1S/C13H17FN2O/c1-2-13(17)10-3-4-12(11(14)9-10)16-7-5-15-6-8-16/h3-4,9,15H,2,5-8H2,1H3. The van der Waals surface area contributed by atoms with E-state index in [0.29, 0.717) is 17.7 Å². The first-order valence-electron chi connectivity index (χ1n) is 6.00. The van der Waals surface area contributed by atoms with Gasteiger partial charge in [0.1, 0.15) is 5.82 Å². The average molecular weight is 236 g/mol. The third kappa shape index (κ3) is 2.64. The first kappa shape index (κ1) is 12.0. The second kappa shape index (κ2) is 5.27. The maximum Gasteiger partial charge on any atom is 0.162 e. The van der Waals surface area contributed by atoms with Crippen LogP contribution in [0, 0.1) is 5.82 Å². The lowest BCUT2D eigenvalue weighted by atomic mass is 10.1. The Morgan fingerprint density at radius 1 is 1.41 bits per heavy atom. The molecule has 1 heterocycles. The lowest BCUT2D eigenvalue weighted by Crippen LogP contribution is -2.43. The zero-order valence-corrected chi connectivity index (χ0v) is 10.0. The highest BCUT2D eigenvalue weighted by Gasteiger charge is 2.15. The van der Waals surface area contributed by atoms with Crippen LogP contribution in [-0.4, -0.2) is 32.0 Å². The number of ketones is 1. The van der Waals surface area contributed by atoms with Crippen LogP contribution < -0.4 is 10.2 Å². The first-order valence-corrected chi connectivity index (χ1v) is 6.00. The third-order valence-corrected chi connectivity index (χ3v) is 3.05. The van der Waals surface area contributed by atoms with Crippen molar-refractivity contribution in [3.63, 3.8) is 0 Å². The zero-order valence-electron chi connectivity index (χ0n) is 10.0. The van der Waals surface area contributed by atoms with Crippen molar-refractivity contribution in [3.8, 4) is 0 Å². The summed E-state index contributed by atoms with van der Waals surface area (Å²) in [6, 6.07) is 4.78. The summed E-state index contributed by atoms with van der Waals surface area (Å²) in [6.45, 7) is 5.13. The van der Waals surface area contributed by atoms with Crippen molar-refractivity contribution in [1.29, 1.82) is 0 Å². The van der Waals surface area contributed by atoms with Gasteiger partial charge in [0.2, 0.25) is 0 Å². The number of nitrogens with one attached hydrogen (secondary N) is 1. The molecule has 0 radical (unpaired) electrons. The monoisotopic (exact) mass is 236 g/mol. The fourth-order valence-corrected chi connectivity index (χ4v) is 2.05. The Balaban J connectivity index is 2.21. The predicted molar refractivity (Wildman–Crippen MR) is 66.1 cm³/mol. The van der Waals surface area contributed by atoms with E-state index in [4.69, 9.17) is 0 Å². The van der Waals surface area contributed by atoms with Crippen molar-refractivity contribution < 1.29 is 9.18 Å². The molecule has 1 aromatic rings. The quantitative estimate of drug-likeness (QED) is 0.813. The van der Waals surface area contributed by atoms with E-state index in [2.05, 4.69) is 5.32 Å². The molecule has 1 aromatic carbocycles. The summed E-state index contributed by atoms with van der Waals surface area (Å²) in [5, 5.41) is 3.22. The fourth-order valence-electron chi connectivity index (χ4n) is 2.05. The molecular formula is C13H17FN2O. The number of carbonyl (C=O) groups is 1. The minimum atomic E-state index is -0.300.